The first-order valence-corrected chi connectivity index (χ1v) is 11.2. The van der Waals surface area contributed by atoms with E-state index in [-0.39, 0.29) is 12.3 Å². The first-order chi connectivity index (χ1) is 16.1. The summed E-state index contributed by atoms with van der Waals surface area (Å²) in [4.78, 5) is 11.1. The number of aliphatic carboxylic acids is 1. The number of aromatic nitrogens is 2. The van der Waals surface area contributed by atoms with Gasteiger partial charge in [0, 0.05) is 17.4 Å². The largest absolute Gasteiger partial charge is 0.493 e. The van der Waals surface area contributed by atoms with Crippen molar-refractivity contribution in [2.24, 2.45) is 0 Å². The summed E-state index contributed by atoms with van der Waals surface area (Å²) in [5, 5.41) is 14.9. The molecule has 5 rings (SSSR count). The van der Waals surface area contributed by atoms with E-state index in [9.17, 15) is 4.79 Å². The Bertz CT molecular complexity index is 1300. The Kier molecular flexibility index (Phi) is 5.73. The maximum absolute atomic E-state index is 11.1. The quantitative estimate of drug-likeness (QED) is 0.420. The Morgan fingerprint density at radius 1 is 1.15 bits per heavy atom. The van der Waals surface area contributed by atoms with Crippen molar-refractivity contribution >= 4 is 16.9 Å². The van der Waals surface area contributed by atoms with Crippen LogP contribution < -0.4 is 9.47 Å². The summed E-state index contributed by atoms with van der Waals surface area (Å²) in [5.74, 6) is 0.630. The molecule has 1 N–H and O–H groups in total. The van der Waals surface area contributed by atoms with Gasteiger partial charge in [0.25, 0.3) is 0 Å². The first kappa shape index (κ1) is 21.1. The van der Waals surface area contributed by atoms with Crippen LogP contribution in [0.4, 0.5) is 0 Å². The minimum atomic E-state index is -0.786. The SMILES string of the molecule is Cc1cc(COc2ccc3c(c2)OCCC3CC(=O)O)cc2cnn(Cc3ccccc3)c12. The fraction of sp³-hybridized carbons (Fsp3) is 0.259. The van der Waals surface area contributed by atoms with Gasteiger partial charge in [-0.15, -0.1) is 0 Å². The highest BCUT2D eigenvalue weighted by molar-refractivity contribution is 5.82. The third kappa shape index (κ3) is 4.55. The number of aryl methyl sites for hydroxylation is 1. The Labute approximate surface area is 192 Å². The molecule has 2 heterocycles. The van der Waals surface area contributed by atoms with Gasteiger partial charge in [0.05, 0.1) is 31.3 Å². The van der Waals surface area contributed by atoms with Crippen molar-refractivity contribution in [3.8, 4) is 11.5 Å². The maximum atomic E-state index is 11.1. The second-order valence-electron chi connectivity index (χ2n) is 8.56. The van der Waals surface area contributed by atoms with E-state index in [1.54, 1.807) is 0 Å². The summed E-state index contributed by atoms with van der Waals surface area (Å²) in [6.45, 7) is 3.79. The highest BCUT2D eigenvalue weighted by atomic mass is 16.5. The van der Waals surface area contributed by atoms with E-state index in [0.29, 0.717) is 19.0 Å². The van der Waals surface area contributed by atoms with Gasteiger partial charge in [0.15, 0.2) is 0 Å². The zero-order chi connectivity index (χ0) is 22.8. The van der Waals surface area contributed by atoms with E-state index < -0.39 is 5.97 Å². The number of fused-ring (bicyclic) bond motifs is 2. The molecule has 1 unspecified atom stereocenters. The monoisotopic (exact) mass is 442 g/mol. The molecule has 4 aromatic rings. The lowest BCUT2D eigenvalue weighted by Crippen LogP contribution is -2.17. The molecule has 6 heteroatoms. The predicted octanol–water partition coefficient (Wildman–Crippen LogP) is 5.31. The van der Waals surface area contributed by atoms with Gasteiger partial charge in [-0.1, -0.05) is 42.5 Å². The van der Waals surface area contributed by atoms with Gasteiger partial charge in [0.1, 0.15) is 18.1 Å². The summed E-state index contributed by atoms with van der Waals surface area (Å²) < 4.78 is 13.9. The lowest BCUT2D eigenvalue weighted by Gasteiger charge is -2.25. The summed E-state index contributed by atoms with van der Waals surface area (Å²) in [6, 6.07) is 20.3. The molecule has 1 aromatic heterocycles. The van der Waals surface area contributed by atoms with Gasteiger partial charge in [-0.25, -0.2) is 0 Å². The van der Waals surface area contributed by atoms with Crippen LogP contribution in [0.15, 0.2) is 66.9 Å². The van der Waals surface area contributed by atoms with E-state index in [4.69, 9.17) is 14.6 Å². The van der Waals surface area contributed by atoms with Gasteiger partial charge in [-0.05, 0) is 47.7 Å². The van der Waals surface area contributed by atoms with Crippen molar-refractivity contribution < 1.29 is 19.4 Å². The molecule has 168 valence electrons. The number of nitrogens with zero attached hydrogens (tertiary/aromatic N) is 2. The molecule has 0 radical (unpaired) electrons. The molecule has 1 atom stereocenters. The van der Waals surface area contributed by atoms with E-state index in [2.05, 4.69) is 36.3 Å². The zero-order valence-electron chi connectivity index (χ0n) is 18.5. The van der Waals surface area contributed by atoms with Crippen LogP contribution in [0.25, 0.3) is 10.9 Å². The molecule has 0 aliphatic carbocycles. The summed E-state index contributed by atoms with van der Waals surface area (Å²) >= 11 is 0. The van der Waals surface area contributed by atoms with Crippen LogP contribution in [0.3, 0.4) is 0 Å². The molecule has 0 fully saturated rings. The van der Waals surface area contributed by atoms with Crippen LogP contribution >= 0.6 is 0 Å². The molecular formula is C27H26N2O4. The molecule has 6 nitrogen and oxygen atoms in total. The first-order valence-electron chi connectivity index (χ1n) is 11.2. The van der Waals surface area contributed by atoms with Gasteiger partial charge in [-0.3, -0.25) is 9.48 Å². The standard InChI is InChI=1S/C27H26N2O4/c1-18-11-20(12-22-15-28-29(27(18)22)16-19-5-3-2-4-6-19)17-33-23-7-8-24-21(13-26(30)31)9-10-32-25(24)14-23/h2-8,11-12,14-15,21H,9-10,13,16-17H2,1H3,(H,30,31). The number of rotatable bonds is 7. The van der Waals surface area contributed by atoms with Gasteiger partial charge in [0.2, 0.25) is 0 Å². The topological polar surface area (TPSA) is 73.6 Å². The Morgan fingerprint density at radius 2 is 2.00 bits per heavy atom. The Morgan fingerprint density at radius 3 is 2.82 bits per heavy atom. The van der Waals surface area contributed by atoms with Gasteiger partial charge >= 0.3 is 5.97 Å². The number of carboxylic acid groups (broad SMARTS) is 1. The lowest BCUT2D eigenvalue weighted by atomic mass is 9.90. The number of carbonyl (C=O) groups is 1. The minimum Gasteiger partial charge on any atom is -0.493 e. The predicted molar refractivity (Wildman–Crippen MR) is 126 cm³/mol. The number of carboxylic acids is 1. The summed E-state index contributed by atoms with van der Waals surface area (Å²) in [6.07, 6.45) is 2.74. The molecule has 0 bridgehead atoms. The van der Waals surface area contributed by atoms with Crippen molar-refractivity contribution in [3.05, 3.63) is 89.1 Å². The highest BCUT2D eigenvalue weighted by Gasteiger charge is 2.24. The number of benzene rings is 3. The molecule has 1 aliphatic heterocycles. The third-order valence-electron chi connectivity index (χ3n) is 6.13. The van der Waals surface area contributed by atoms with E-state index in [0.717, 1.165) is 46.3 Å². The highest BCUT2D eigenvalue weighted by Crippen LogP contribution is 2.38. The van der Waals surface area contributed by atoms with Gasteiger partial charge < -0.3 is 14.6 Å². The average Bonchev–Trinajstić information content (AvgIpc) is 3.21. The maximum Gasteiger partial charge on any atom is 0.303 e. The van der Waals surface area contributed by atoms with Crippen molar-refractivity contribution in [1.29, 1.82) is 0 Å². The smallest absolute Gasteiger partial charge is 0.303 e. The van der Waals surface area contributed by atoms with Crippen LogP contribution in [0.2, 0.25) is 0 Å². The van der Waals surface area contributed by atoms with Crippen molar-refractivity contribution in [2.75, 3.05) is 6.61 Å². The Hall–Kier alpha value is -3.80. The number of ether oxygens (including phenoxy) is 2. The Balaban J connectivity index is 1.31. The fourth-order valence-corrected chi connectivity index (χ4v) is 4.61. The van der Waals surface area contributed by atoms with Crippen LogP contribution in [0, 0.1) is 6.92 Å². The summed E-state index contributed by atoms with van der Waals surface area (Å²) in [5.41, 5.74) is 5.52. The second-order valence-corrected chi connectivity index (χ2v) is 8.56. The molecule has 0 amide bonds. The lowest BCUT2D eigenvalue weighted by molar-refractivity contribution is -0.137. The van der Waals surface area contributed by atoms with E-state index in [1.807, 2.05) is 47.3 Å². The fourth-order valence-electron chi connectivity index (χ4n) is 4.61. The number of hydrogen-bond acceptors (Lipinski definition) is 4. The van der Waals surface area contributed by atoms with Crippen LogP contribution in [-0.2, 0) is 17.9 Å². The molecule has 0 spiro atoms. The van der Waals surface area contributed by atoms with Crippen LogP contribution in [0.5, 0.6) is 11.5 Å². The molecular weight excluding hydrogens is 416 g/mol. The van der Waals surface area contributed by atoms with E-state index in [1.165, 1.54) is 5.56 Å². The van der Waals surface area contributed by atoms with Crippen molar-refractivity contribution in [1.82, 2.24) is 9.78 Å². The van der Waals surface area contributed by atoms with E-state index >= 15 is 0 Å². The van der Waals surface area contributed by atoms with Crippen LogP contribution in [0.1, 0.15) is 41.0 Å². The second kappa shape index (κ2) is 8.98. The van der Waals surface area contributed by atoms with Gasteiger partial charge in [-0.2, -0.15) is 5.10 Å². The zero-order valence-corrected chi connectivity index (χ0v) is 18.5. The van der Waals surface area contributed by atoms with Crippen LogP contribution in [-0.4, -0.2) is 27.5 Å². The minimum absolute atomic E-state index is 0.0159. The molecule has 0 saturated heterocycles. The molecule has 1 aliphatic rings. The molecule has 33 heavy (non-hydrogen) atoms. The molecule has 0 saturated carbocycles. The normalized spacial score (nSPS) is 15.1. The number of hydrogen-bond donors (Lipinski definition) is 1. The molecule has 3 aromatic carbocycles. The average molecular weight is 443 g/mol. The summed E-state index contributed by atoms with van der Waals surface area (Å²) in [7, 11) is 0. The van der Waals surface area contributed by atoms with Crippen molar-refractivity contribution in [2.45, 2.75) is 38.8 Å². The van der Waals surface area contributed by atoms with Crippen molar-refractivity contribution in [3.63, 3.8) is 0 Å². The third-order valence-corrected chi connectivity index (χ3v) is 6.13.